The number of rotatable bonds is 11. The van der Waals surface area contributed by atoms with Crippen molar-refractivity contribution in [3.63, 3.8) is 0 Å². The molecule has 18 heavy (non-hydrogen) atoms. The van der Waals surface area contributed by atoms with E-state index >= 15 is 0 Å². The summed E-state index contributed by atoms with van der Waals surface area (Å²) in [6, 6.07) is 1.62. The third-order valence-corrected chi connectivity index (χ3v) is 3.88. The molecule has 0 saturated heterocycles. The number of nitrogens with one attached hydrogen (secondary N) is 1. The Bertz CT molecular complexity index is 199. The average Bonchev–Trinajstić information content (AvgIpc) is 3.14. The predicted molar refractivity (Wildman–Crippen MR) is 81.0 cm³/mol. The van der Waals surface area contributed by atoms with E-state index in [2.05, 4.69) is 37.9 Å². The fourth-order valence-corrected chi connectivity index (χ4v) is 2.43. The maximum absolute atomic E-state index is 3.58. The minimum Gasteiger partial charge on any atom is -0.314 e. The smallest absolute Gasteiger partial charge is 0.00964 e. The molecule has 0 radical (unpaired) electrons. The van der Waals surface area contributed by atoms with Crippen LogP contribution in [0.5, 0.6) is 0 Å². The Morgan fingerprint density at radius 1 is 1.11 bits per heavy atom. The predicted octanol–water partition coefficient (Wildman–Crippen LogP) is 3.67. The summed E-state index contributed by atoms with van der Waals surface area (Å²) in [6.07, 6.45) is 8.17. The molecule has 0 aliphatic heterocycles. The van der Waals surface area contributed by atoms with Crippen LogP contribution in [0.25, 0.3) is 0 Å². The first-order chi connectivity index (χ1) is 8.63. The van der Waals surface area contributed by atoms with Crippen molar-refractivity contribution in [2.24, 2.45) is 5.92 Å². The summed E-state index contributed by atoms with van der Waals surface area (Å²) >= 11 is 0. The summed E-state index contributed by atoms with van der Waals surface area (Å²) in [7, 11) is 0. The quantitative estimate of drug-likeness (QED) is 0.605. The SMILES string of the molecule is CCCNC(C)CCCN(CCC(C)C)C1CC1. The summed E-state index contributed by atoms with van der Waals surface area (Å²) in [5.41, 5.74) is 0. The molecule has 2 nitrogen and oxygen atoms in total. The maximum atomic E-state index is 3.58. The van der Waals surface area contributed by atoms with Gasteiger partial charge in [0.15, 0.2) is 0 Å². The molecule has 1 unspecified atom stereocenters. The zero-order chi connectivity index (χ0) is 13.4. The fraction of sp³-hybridized carbons (Fsp3) is 1.00. The molecule has 1 aliphatic rings. The van der Waals surface area contributed by atoms with Gasteiger partial charge < -0.3 is 10.2 Å². The highest BCUT2D eigenvalue weighted by Crippen LogP contribution is 2.27. The normalized spacial score (nSPS) is 17.7. The lowest BCUT2D eigenvalue weighted by Crippen LogP contribution is -2.31. The molecular formula is C16H34N2. The molecule has 0 aromatic carbocycles. The minimum atomic E-state index is 0.691. The van der Waals surface area contributed by atoms with Gasteiger partial charge in [0.25, 0.3) is 0 Å². The van der Waals surface area contributed by atoms with E-state index in [0.29, 0.717) is 6.04 Å². The molecule has 1 saturated carbocycles. The standard InChI is InChI=1S/C16H34N2/c1-5-11-17-15(4)7-6-12-18(16-8-9-16)13-10-14(2)3/h14-17H,5-13H2,1-4H3. The van der Waals surface area contributed by atoms with Gasteiger partial charge in [-0.1, -0.05) is 20.8 Å². The summed E-state index contributed by atoms with van der Waals surface area (Å²) in [5, 5.41) is 3.58. The maximum Gasteiger partial charge on any atom is 0.00964 e. The molecule has 1 atom stereocenters. The van der Waals surface area contributed by atoms with Gasteiger partial charge in [-0.2, -0.15) is 0 Å². The van der Waals surface area contributed by atoms with Gasteiger partial charge in [0.1, 0.15) is 0 Å². The van der Waals surface area contributed by atoms with E-state index in [-0.39, 0.29) is 0 Å². The third kappa shape index (κ3) is 7.38. The van der Waals surface area contributed by atoms with E-state index in [1.165, 1.54) is 58.2 Å². The largest absolute Gasteiger partial charge is 0.314 e. The van der Waals surface area contributed by atoms with E-state index in [0.717, 1.165) is 12.0 Å². The summed E-state index contributed by atoms with van der Waals surface area (Å²) in [4.78, 5) is 2.74. The van der Waals surface area contributed by atoms with E-state index in [4.69, 9.17) is 0 Å². The molecule has 0 aromatic rings. The molecule has 108 valence electrons. The highest BCUT2D eigenvalue weighted by molar-refractivity contribution is 4.84. The van der Waals surface area contributed by atoms with Crippen LogP contribution >= 0.6 is 0 Å². The molecule has 1 rings (SSSR count). The molecule has 1 N–H and O–H groups in total. The Hall–Kier alpha value is -0.0800. The molecule has 0 bridgehead atoms. The molecule has 0 heterocycles. The van der Waals surface area contributed by atoms with E-state index in [9.17, 15) is 0 Å². The zero-order valence-electron chi connectivity index (χ0n) is 13.0. The number of hydrogen-bond donors (Lipinski definition) is 1. The Labute approximate surface area is 115 Å². The second-order valence-corrected chi connectivity index (χ2v) is 6.45. The molecule has 1 fully saturated rings. The molecule has 1 aliphatic carbocycles. The molecule has 0 spiro atoms. The van der Waals surface area contributed by atoms with Crippen molar-refractivity contribution in [2.45, 2.75) is 78.3 Å². The van der Waals surface area contributed by atoms with E-state index in [1.54, 1.807) is 0 Å². The van der Waals surface area contributed by atoms with Gasteiger partial charge in [0.2, 0.25) is 0 Å². The van der Waals surface area contributed by atoms with Crippen molar-refractivity contribution in [3.05, 3.63) is 0 Å². The third-order valence-electron chi connectivity index (χ3n) is 3.88. The first-order valence-corrected chi connectivity index (χ1v) is 8.11. The lowest BCUT2D eigenvalue weighted by atomic mass is 10.1. The van der Waals surface area contributed by atoms with Crippen molar-refractivity contribution in [2.75, 3.05) is 19.6 Å². The van der Waals surface area contributed by atoms with Gasteiger partial charge >= 0.3 is 0 Å². The lowest BCUT2D eigenvalue weighted by Gasteiger charge is -2.23. The van der Waals surface area contributed by atoms with E-state index in [1.807, 2.05) is 0 Å². The average molecular weight is 254 g/mol. The minimum absolute atomic E-state index is 0.691. The van der Waals surface area contributed by atoms with E-state index < -0.39 is 0 Å². The summed E-state index contributed by atoms with van der Waals surface area (Å²) in [6.45, 7) is 13.0. The van der Waals surface area contributed by atoms with Crippen LogP contribution in [0.1, 0.15) is 66.2 Å². The van der Waals surface area contributed by atoms with Crippen molar-refractivity contribution < 1.29 is 0 Å². The van der Waals surface area contributed by atoms with Gasteiger partial charge in [-0.05, 0) is 71.0 Å². The number of hydrogen-bond acceptors (Lipinski definition) is 2. The van der Waals surface area contributed by atoms with Crippen LogP contribution in [-0.2, 0) is 0 Å². The van der Waals surface area contributed by atoms with Crippen molar-refractivity contribution in [3.8, 4) is 0 Å². The van der Waals surface area contributed by atoms with Crippen molar-refractivity contribution >= 4 is 0 Å². The second-order valence-electron chi connectivity index (χ2n) is 6.45. The van der Waals surface area contributed by atoms with Gasteiger partial charge in [-0.25, -0.2) is 0 Å². The second kappa shape index (κ2) is 8.92. The summed E-state index contributed by atoms with van der Waals surface area (Å²) in [5.74, 6) is 0.844. The number of nitrogens with zero attached hydrogens (tertiary/aromatic N) is 1. The Morgan fingerprint density at radius 3 is 2.39 bits per heavy atom. The Morgan fingerprint density at radius 2 is 1.83 bits per heavy atom. The topological polar surface area (TPSA) is 15.3 Å². The van der Waals surface area contributed by atoms with Crippen LogP contribution < -0.4 is 5.32 Å². The van der Waals surface area contributed by atoms with Crippen LogP contribution in [0.3, 0.4) is 0 Å². The lowest BCUT2D eigenvalue weighted by molar-refractivity contribution is 0.239. The Kier molecular flexibility index (Phi) is 7.92. The highest BCUT2D eigenvalue weighted by atomic mass is 15.2. The van der Waals surface area contributed by atoms with Crippen LogP contribution in [0.4, 0.5) is 0 Å². The first kappa shape index (κ1) is 16.0. The van der Waals surface area contributed by atoms with Crippen molar-refractivity contribution in [1.29, 1.82) is 0 Å². The van der Waals surface area contributed by atoms with Crippen LogP contribution in [0.2, 0.25) is 0 Å². The summed E-state index contributed by atoms with van der Waals surface area (Å²) < 4.78 is 0. The van der Waals surface area contributed by atoms with Crippen LogP contribution in [0.15, 0.2) is 0 Å². The molecule has 0 amide bonds. The molecule has 0 aromatic heterocycles. The first-order valence-electron chi connectivity index (χ1n) is 8.11. The van der Waals surface area contributed by atoms with Gasteiger partial charge in [-0.15, -0.1) is 0 Å². The van der Waals surface area contributed by atoms with Gasteiger partial charge in [0, 0.05) is 12.1 Å². The van der Waals surface area contributed by atoms with Gasteiger partial charge in [-0.3, -0.25) is 0 Å². The highest BCUT2D eigenvalue weighted by Gasteiger charge is 2.28. The molecular weight excluding hydrogens is 220 g/mol. The fourth-order valence-electron chi connectivity index (χ4n) is 2.43. The Balaban J connectivity index is 2.09. The van der Waals surface area contributed by atoms with Gasteiger partial charge in [0.05, 0.1) is 0 Å². The molecule has 2 heteroatoms. The van der Waals surface area contributed by atoms with Crippen molar-refractivity contribution in [1.82, 2.24) is 10.2 Å². The monoisotopic (exact) mass is 254 g/mol. The zero-order valence-corrected chi connectivity index (χ0v) is 13.0. The van der Waals surface area contributed by atoms with Crippen LogP contribution in [0, 0.1) is 5.92 Å². The van der Waals surface area contributed by atoms with Crippen LogP contribution in [-0.4, -0.2) is 36.6 Å².